The maximum absolute atomic E-state index is 6.31. The molecule has 9 heteroatoms. The van der Waals surface area contributed by atoms with Crippen LogP contribution >= 0.6 is 23.5 Å². The fourth-order valence-electron chi connectivity index (χ4n) is 4.39. The molecule has 2 saturated heterocycles. The molecule has 4 heterocycles. The van der Waals surface area contributed by atoms with Crippen LogP contribution in [0.1, 0.15) is 44.7 Å². The first kappa shape index (κ1) is 19.8. The van der Waals surface area contributed by atoms with Gasteiger partial charge in [-0.25, -0.2) is 9.29 Å². The Morgan fingerprint density at radius 2 is 2.00 bits per heavy atom. The van der Waals surface area contributed by atoms with Crippen LogP contribution in [0.15, 0.2) is 12.1 Å². The highest BCUT2D eigenvalue weighted by atomic mass is 35.5. The van der Waals surface area contributed by atoms with Crippen LogP contribution in [0.2, 0.25) is 5.15 Å². The number of aryl methyl sites for hydroxylation is 1. The maximum Gasteiger partial charge on any atom is 0.228 e. The highest BCUT2D eigenvalue weighted by molar-refractivity contribution is 7.97. The molecule has 0 amide bonds. The summed E-state index contributed by atoms with van der Waals surface area (Å²) in [6.45, 7) is 4.21. The van der Waals surface area contributed by atoms with Crippen molar-refractivity contribution in [2.24, 2.45) is 0 Å². The van der Waals surface area contributed by atoms with Gasteiger partial charge in [-0.3, -0.25) is 5.10 Å². The summed E-state index contributed by atoms with van der Waals surface area (Å²) in [5.74, 6) is 3.20. The molecule has 0 aliphatic carbocycles. The fourth-order valence-corrected chi connectivity index (χ4v) is 5.67. The number of anilines is 3. The summed E-state index contributed by atoms with van der Waals surface area (Å²) in [5.41, 5.74) is 0.989. The van der Waals surface area contributed by atoms with Gasteiger partial charge in [-0.05, 0) is 32.6 Å². The van der Waals surface area contributed by atoms with Crippen molar-refractivity contribution < 1.29 is 0 Å². The zero-order valence-electron chi connectivity index (χ0n) is 16.7. The van der Waals surface area contributed by atoms with E-state index in [1.54, 1.807) is 6.07 Å². The molecule has 2 N–H and O–H groups in total. The Hall–Kier alpha value is -1.51. The summed E-state index contributed by atoms with van der Waals surface area (Å²) in [7, 11) is 2.09. The molecule has 0 saturated carbocycles. The number of nitrogens with zero attached hydrogens (tertiary/aromatic N) is 5. The molecule has 1 unspecified atom stereocenters. The third-order valence-corrected chi connectivity index (χ3v) is 7.02. The van der Waals surface area contributed by atoms with Gasteiger partial charge >= 0.3 is 0 Å². The maximum atomic E-state index is 6.31. The van der Waals surface area contributed by atoms with Gasteiger partial charge in [0.2, 0.25) is 5.95 Å². The van der Waals surface area contributed by atoms with Crippen molar-refractivity contribution in [2.45, 2.75) is 64.1 Å². The summed E-state index contributed by atoms with van der Waals surface area (Å²) in [6, 6.07) is 5.39. The van der Waals surface area contributed by atoms with Gasteiger partial charge in [0.05, 0.1) is 0 Å². The van der Waals surface area contributed by atoms with Gasteiger partial charge in [0.15, 0.2) is 5.82 Å². The number of H-pyrrole nitrogens is 1. The van der Waals surface area contributed by atoms with Crippen molar-refractivity contribution in [3.8, 4) is 0 Å². The van der Waals surface area contributed by atoms with Gasteiger partial charge < -0.3 is 10.2 Å². The molecular formula is C19H28ClN7S. The summed E-state index contributed by atoms with van der Waals surface area (Å²) < 4.78 is 2.67. The summed E-state index contributed by atoms with van der Waals surface area (Å²) >= 11 is 8.31. The molecule has 152 valence electrons. The molecule has 0 spiro atoms. The van der Waals surface area contributed by atoms with Gasteiger partial charge in [-0.2, -0.15) is 10.1 Å². The monoisotopic (exact) mass is 421 g/mol. The van der Waals surface area contributed by atoms with Crippen molar-refractivity contribution >= 4 is 41.1 Å². The number of piperidine rings is 2. The SMILES string of the molecule is CCSN1[C@@H]2CCC[C@H]1CC(N(C)c1nc(Cl)cc(Nc3cc(C)[nH]n3)n1)C2. The molecule has 3 atom stereocenters. The number of nitrogens with one attached hydrogen (secondary N) is 2. The fraction of sp³-hybridized carbons (Fsp3) is 0.632. The lowest BCUT2D eigenvalue weighted by molar-refractivity contribution is 0.121. The first-order valence-corrected chi connectivity index (χ1v) is 11.3. The average molecular weight is 422 g/mol. The van der Waals surface area contributed by atoms with Crippen LogP contribution in [-0.2, 0) is 0 Å². The smallest absolute Gasteiger partial charge is 0.228 e. The molecule has 0 aromatic carbocycles. The third kappa shape index (κ3) is 4.23. The van der Waals surface area contributed by atoms with Crippen LogP contribution in [0.4, 0.5) is 17.6 Å². The largest absolute Gasteiger partial charge is 0.341 e. The highest BCUT2D eigenvalue weighted by Gasteiger charge is 2.40. The molecule has 2 aliphatic rings. The lowest BCUT2D eigenvalue weighted by Crippen LogP contribution is -2.54. The van der Waals surface area contributed by atoms with Crippen LogP contribution in [0, 0.1) is 6.92 Å². The van der Waals surface area contributed by atoms with E-state index in [0.29, 0.717) is 35.0 Å². The van der Waals surface area contributed by atoms with Crippen molar-refractivity contribution in [2.75, 3.05) is 23.0 Å². The number of aromatic nitrogens is 4. The van der Waals surface area contributed by atoms with E-state index >= 15 is 0 Å². The Labute approximate surface area is 175 Å². The molecule has 7 nitrogen and oxygen atoms in total. The number of rotatable bonds is 6. The second kappa shape index (κ2) is 8.47. The quantitative estimate of drug-likeness (QED) is 0.529. The summed E-state index contributed by atoms with van der Waals surface area (Å²) in [5, 5.41) is 10.8. The van der Waals surface area contributed by atoms with Crippen molar-refractivity contribution in [1.29, 1.82) is 0 Å². The standard InChI is InChI=1S/C19H28ClN7S/c1-4-28-27-13-6-5-7-14(27)10-15(9-13)26(3)19-21-16(20)11-17(23-19)22-18-8-12(2)24-25-18/h8,11,13-15H,4-7,9-10H2,1-3H3,(H2,21,22,23,24,25)/t13-,14+,15?. The van der Waals surface area contributed by atoms with E-state index in [2.05, 4.69) is 43.7 Å². The van der Waals surface area contributed by atoms with Gasteiger partial charge in [0.25, 0.3) is 0 Å². The minimum atomic E-state index is 0.433. The van der Waals surface area contributed by atoms with Crippen LogP contribution in [-0.4, -0.2) is 55.4 Å². The van der Waals surface area contributed by atoms with Crippen LogP contribution < -0.4 is 10.2 Å². The highest BCUT2D eigenvalue weighted by Crippen LogP contribution is 2.40. The second-order valence-electron chi connectivity index (χ2n) is 7.69. The molecule has 28 heavy (non-hydrogen) atoms. The molecule has 2 fully saturated rings. The van der Waals surface area contributed by atoms with E-state index in [0.717, 1.165) is 30.1 Å². The Bertz CT molecular complexity index is 799. The second-order valence-corrected chi connectivity index (χ2v) is 9.33. The van der Waals surface area contributed by atoms with Crippen LogP contribution in [0.3, 0.4) is 0 Å². The average Bonchev–Trinajstić information content (AvgIpc) is 3.05. The predicted octanol–water partition coefficient (Wildman–Crippen LogP) is 4.39. The van der Waals surface area contributed by atoms with E-state index in [1.807, 2.05) is 24.9 Å². The zero-order valence-corrected chi connectivity index (χ0v) is 18.2. The Balaban J connectivity index is 1.51. The van der Waals surface area contributed by atoms with Crippen LogP contribution in [0.5, 0.6) is 0 Å². The normalized spacial score (nSPS) is 24.9. The van der Waals surface area contributed by atoms with Crippen molar-refractivity contribution in [3.05, 3.63) is 23.0 Å². The van der Waals surface area contributed by atoms with E-state index < -0.39 is 0 Å². The first-order chi connectivity index (χ1) is 13.5. The van der Waals surface area contributed by atoms with Gasteiger partial charge in [-0.15, -0.1) is 0 Å². The van der Waals surface area contributed by atoms with E-state index in [4.69, 9.17) is 16.6 Å². The zero-order chi connectivity index (χ0) is 19.7. The number of hydrogen-bond acceptors (Lipinski definition) is 7. The minimum Gasteiger partial charge on any atom is -0.341 e. The molecule has 2 aromatic heterocycles. The van der Waals surface area contributed by atoms with Crippen molar-refractivity contribution in [1.82, 2.24) is 24.5 Å². The molecule has 2 bridgehead atoms. The van der Waals surface area contributed by atoms with Crippen molar-refractivity contribution in [3.63, 3.8) is 0 Å². The van der Waals surface area contributed by atoms with Gasteiger partial charge in [0.1, 0.15) is 11.0 Å². The predicted molar refractivity (Wildman–Crippen MR) is 116 cm³/mol. The Kier molecular flexibility index (Phi) is 5.99. The third-order valence-electron chi connectivity index (χ3n) is 5.67. The number of hydrogen-bond donors (Lipinski definition) is 2. The molecule has 2 aromatic rings. The minimum absolute atomic E-state index is 0.433. The first-order valence-electron chi connectivity index (χ1n) is 10.0. The van der Waals surface area contributed by atoms with E-state index in [-0.39, 0.29) is 0 Å². The van der Waals surface area contributed by atoms with E-state index in [1.165, 1.54) is 19.3 Å². The van der Waals surface area contributed by atoms with E-state index in [9.17, 15) is 0 Å². The number of halogens is 1. The Morgan fingerprint density at radius 1 is 1.25 bits per heavy atom. The van der Waals surface area contributed by atoms with Gasteiger partial charge in [0, 0.05) is 48.8 Å². The number of fused-ring (bicyclic) bond motifs is 2. The topological polar surface area (TPSA) is 73.0 Å². The Morgan fingerprint density at radius 3 is 2.64 bits per heavy atom. The lowest BCUT2D eigenvalue weighted by Gasteiger charge is -2.49. The summed E-state index contributed by atoms with van der Waals surface area (Å²) in [4.78, 5) is 11.4. The molecule has 4 rings (SSSR count). The summed E-state index contributed by atoms with van der Waals surface area (Å²) in [6.07, 6.45) is 6.22. The molecule has 2 aliphatic heterocycles. The van der Waals surface area contributed by atoms with Gasteiger partial charge in [-0.1, -0.05) is 36.9 Å². The molecular weight excluding hydrogens is 394 g/mol. The number of aromatic amines is 1. The molecule has 0 radical (unpaired) electrons. The van der Waals surface area contributed by atoms with Crippen LogP contribution in [0.25, 0.3) is 0 Å². The lowest BCUT2D eigenvalue weighted by atomic mass is 9.83.